The van der Waals surface area contributed by atoms with E-state index in [0.717, 1.165) is 0 Å². The Morgan fingerprint density at radius 1 is 1.25 bits per heavy atom. The lowest BCUT2D eigenvalue weighted by Crippen LogP contribution is -2.30. The van der Waals surface area contributed by atoms with Crippen LogP contribution in [-0.2, 0) is 14.6 Å². The molecule has 0 spiro atoms. The van der Waals surface area contributed by atoms with Gasteiger partial charge in [-0.1, -0.05) is 6.07 Å². The molecule has 0 saturated heterocycles. The number of sulfone groups is 1. The summed E-state index contributed by atoms with van der Waals surface area (Å²) in [4.78, 5) is 12.1. The van der Waals surface area contributed by atoms with Gasteiger partial charge in [0.15, 0.2) is 21.3 Å². The zero-order valence-corrected chi connectivity index (χ0v) is 14.7. The van der Waals surface area contributed by atoms with Crippen LogP contribution in [-0.4, -0.2) is 34.1 Å². The SMILES string of the molecule is CC(=O)NC[C@@H](c1cccs1)S(=O)(=O)c1ccc2c(c1)OCCO2. The number of amides is 1. The zero-order chi connectivity index (χ0) is 17.2. The fraction of sp³-hybridized carbons (Fsp3) is 0.312. The summed E-state index contributed by atoms with van der Waals surface area (Å²) in [5, 5.41) is 3.58. The normalized spacial score (nSPS) is 14.9. The van der Waals surface area contributed by atoms with Gasteiger partial charge in [0.1, 0.15) is 18.5 Å². The van der Waals surface area contributed by atoms with E-state index in [9.17, 15) is 13.2 Å². The van der Waals surface area contributed by atoms with E-state index >= 15 is 0 Å². The number of rotatable bonds is 5. The average Bonchev–Trinajstić information content (AvgIpc) is 3.08. The van der Waals surface area contributed by atoms with Crippen LogP contribution in [0, 0.1) is 0 Å². The third-order valence-corrected chi connectivity index (χ3v) is 6.83. The van der Waals surface area contributed by atoms with Gasteiger partial charge in [-0.15, -0.1) is 11.3 Å². The van der Waals surface area contributed by atoms with Crippen LogP contribution < -0.4 is 14.8 Å². The van der Waals surface area contributed by atoms with E-state index < -0.39 is 15.1 Å². The van der Waals surface area contributed by atoms with E-state index in [1.807, 2.05) is 5.38 Å². The number of hydrogen-bond donors (Lipinski definition) is 1. The van der Waals surface area contributed by atoms with E-state index in [2.05, 4.69) is 5.32 Å². The molecule has 1 aliphatic heterocycles. The van der Waals surface area contributed by atoms with E-state index in [-0.39, 0.29) is 17.3 Å². The number of hydrogen-bond acceptors (Lipinski definition) is 6. The Kier molecular flexibility index (Phi) is 4.77. The van der Waals surface area contributed by atoms with Crippen LogP contribution in [0.25, 0.3) is 0 Å². The molecule has 0 aliphatic carbocycles. The van der Waals surface area contributed by atoms with Crippen molar-refractivity contribution in [3.63, 3.8) is 0 Å². The van der Waals surface area contributed by atoms with Gasteiger partial charge in [0, 0.05) is 24.4 Å². The molecule has 1 aliphatic rings. The maximum atomic E-state index is 13.1. The molecule has 1 aromatic heterocycles. The van der Waals surface area contributed by atoms with Gasteiger partial charge < -0.3 is 14.8 Å². The number of fused-ring (bicyclic) bond motifs is 1. The fourth-order valence-corrected chi connectivity index (χ4v) is 5.24. The molecule has 1 N–H and O–H groups in total. The van der Waals surface area contributed by atoms with Crippen molar-refractivity contribution in [2.24, 2.45) is 0 Å². The summed E-state index contributed by atoms with van der Waals surface area (Å²) < 4.78 is 37.1. The molecule has 1 aromatic carbocycles. The Balaban J connectivity index is 1.97. The molecule has 0 fully saturated rings. The zero-order valence-electron chi connectivity index (χ0n) is 13.0. The van der Waals surface area contributed by atoms with E-state index in [1.165, 1.54) is 30.4 Å². The van der Waals surface area contributed by atoms with Crippen LogP contribution in [0.3, 0.4) is 0 Å². The van der Waals surface area contributed by atoms with Crippen molar-refractivity contribution in [2.75, 3.05) is 19.8 Å². The highest BCUT2D eigenvalue weighted by atomic mass is 32.2. The molecule has 0 bridgehead atoms. The van der Waals surface area contributed by atoms with Crippen LogP contribution in [0.15, 0.2) is 40.6 Å². The molecule has 0 unspecified atom stereocenters. The summed E-state index contributed by atoms with van der Waals surface area (Å²) >= 11 is 1.35. The van der Waals surface area contributed by atoms with Crippen molar-refractivity contribution >= 4 is 27.1 Å². The molecule has 0 radical (unpaired) electrons. The van der Waals surface area contributed by atoms with Crippen LogP contribution >= 0.6 is 11.3 Å². The Morgan fingerprint density at radius 2 is 2.00 bits per heavy atom. The number of carbonyl (C=O) groups excluding carboxylic acids is 1. The Bertz CT molecular complexity index is 830. The Hall–Kier alpha value is -2.06. The predicted molar refractivity (Wildman–Crippen MR) is 90.4 cm³/mol. The first kappa shape index (κ1) is 16.8. The standard InChI is InChI=1S/C16H17NO5S2/c1-11(18)17-10-16(15-3-2-8-23-15)24(19,20)12-4-5-13-14(9-12)22-7-6-21-13/h2-5,8-9,16H,6-7,10H2,1H3,(H,17,18)/t16-/m0/s1. The summed E-state index contributed by atoms with van der Waals surface area (Å²) in [7, 11) is -3.69. The Labute approximate surface area is 144 Å². The number of carbonyl (C=O) groups is 1. The average molecular weight is 367 g/mol. The van der Waals surface area contributed by atoms with Crippen LogP contribution in [0.1, 0.15) is 17.1 Å². The predicted octanol–water partition coefficient (Wildman–Crippen LogP) is 2.17. The molecule has 128 valence electrons. The lowest BCUT2D eigenvalue weighted by Gasteiger charge is -2.21. The third-order valence-electron chi connectivity index (χ3n) is 3.61. The van der Waals surface area contributed by atoms with Crippen molar-refractivity contribution in [1.82, 2.24) is 5.32 Å². The van der Waals surface area contributed by atoms with Gasteiger partial charge in [-0.25, -0.2) is 8.42 Å². The van der Waals surface area contributed by atoms with Crippen molar-refractivity contribution < 1.29 is 22.7 Å². The third kappa shape index (κ3) is 3.39. The summed E-state index contributed by atoms with van der Waals surface area (Å²) in [5.41, 5.74) is 0. The van der Waals surface area contributed by atoms with Crippen LogP contribution in [0.5, 0.6) is 11.5 Å². The van der Waals surface area contributed by atoms with Crippen molar-refractivity contribution in [2.45, 2.75) is 17.1 Å². The summed E-state index contributed by atoms with van der Waals surface area (Å²) in [6.45, 7) is 2.21. The second-order valence-corrected chi connectivity index (χ2v) is 8.40. The van der Waals surface area contributed by atoms with Crippen LogP contribution in [0.4, 0.5) is 0 Å². The molecule has 1 atom stereocenters. The summed E-state index contributed by atoms with van der Waals surface area (Å²) in [5.74, 6) is 0.690. The van der Waals surface area contributed by atoms with Gasteiger partial charge >= 0.3 is 0 Å². The Morgan fingerprint density at radius 3 is 2.67 bits per heavy atom. The number of ether oxygens (including phenoxy) is 2. The first-order chi connectivity index (χ1) is 11.5. The molecule has 6 nitrogen and oxygen atoms in total. The lowest BCUT2D eigenvalue weighted by molar-refractivity contribution is -0.118. The molecule has 8 heteroatoms. The molecule has 1 amide bonds. The summed E-state index contributed by atoms with van der Waals surface area (Å²) in [6.07, 6.45) is 0. The molecule has 2 aromatic rings. The van der Waals surface area contributed by atoms with E-state index in [1.54, 1.807) is 18.2 Å². The molecular formula is C16H17NO5S2. The van der Waals surface area contributed by atoms with Crippen LogP contribution in [0.2, 0.25) is 0 Å². The van der Waals surface area contributed by atoms with Gasteiger partial charge in [0.2, 0.25) is 5.91 Å². The van der Waals surface area contributed by atoms with E-state index in [4.69, 9.17) is 9.47 Å². The second kappa shape index (κ2) is 6.82. The molecule has 2 heterocycles. The van der Waals surface area contributed by atoms with Gasteiger partial charge in [0.05, 0.1) is 4.90 Å². The maximum Gasteiger partial charge on any atom is 0.216 e. The fourth-order valence-electron chi connectivity index (χ4n) is 2.44. The quantitative estimate of drug-likeness (QED) is 0.876. The first-order valence-electron chi connectivity index (χ1n) is 7.40. The largest absolute Gasteiger partial charge is 0.486 e. The number of thiophene rings is 1. The monoisotopic (exact) mass is 367 g/mol. The number of nitrogens with one attached hydrogen (secondary N) is 1. The van der Waals surface area contributed by atoms with Crippen molar-refractivity contribution in [1.29, 1.82) is 0 Å². The van der Waals surface area contributed by atoms with Gasteiger partial charge in [-0.2, -0.15) is 0 Å². The summed E-state index contributed by atoms with van der Waals surface area (Å²) in [6, 6.07) is 8.15. The smallest absolute Gasteiger partial charge is 0.216 e. The molecule has 0 saturated carbocycles. The minimum absolute atomic E-state index is 0.0205. The lowest BCUT2D eigenvalue weighted by atomic mass is 10.3. The molecule has 24 heavy (non-hydrogen) atoms. The molecular weight excluding hydrogens is 350 g/mol. The van der Waals surface area contributed by atoms with E-state index in [0.29, 0.717) is 29.6 Å². The van der Waals surface area contributed by atoms with Crippen molar-refractivity contribution in [3.05, 3.63) is 40.6 Å². The minimum Gasteiger partial charge on any atom is -0.486 e. The van der Waals surface area contributed by atoms with Crippen molar-refractivity contribution in [3.8, 4) is 11.5 Å². The highest BCUT2D eigenvalue weighted by molar-refractivity contribution is 7.91. The minimum atomic E-state index is -3.69. The first-order valence-corrected chi connectivity index (χ1v) is 9.82. The molecule has 3 rings (SSSR count). The second-order valence-electron chi connectivity index (χ2n) is 5.29. The van der Waals surface area contributed by atoms with Gasteiger partial charge in [0.25, 0.3) is 0 Å². The topological polar surface area (TPSA) is 81.7 Å². The maximum absolute atomic E-state index is 13.1. The highest BCUT2D eigenvalue weighted by Crippen LogP contribution is 2.37. The highest BCUT2D eigenvalue weighted by Gasteiger charge is 2.31. The number of benzene rings is 1. The van der Waals surface area contributed by atoms with Gasteiger partial charge in [-0.05, 0) is 23.6 Å². The van der Waals surface area contributed by atoms with Gasteiger partial charge in [-0.3, -0.25) is 4.79 Å².